The molecule has 20 heavy (non-hydrogen) atoms. The minimum Gasteiger partial charge on any atom is -0.345 e. The average molecular weight is 284 g/mol. The maximum Gasteiger partial charge on any atom is 0.209 e. The topological polar surface area (TPSA) is 38.8 Å². The van der Waals surface area contributed by atoms with Gasteiger partial charge >= 0.3 is 0 Å². The molecule has 5 nitrogen and oxygen atoms in total. The number of nitrogens with one attached hydrogen (secondary N) is 1. The van der Waals surface area contributed by atoms with Crippen LogP contribution in [0.2, 0.25) is 0 Å². The Hall–Kier alpha value is -0.650. The first-order valence-corrected chi connectivity index (χ1v) is 8.10. The minimum absolute atomic E-state index is 0.789. The van der Waals surface area contributed by atoms with Crippen LogP contribution in [0.3, 0.4) is 0 Å². The molecule has 5 heteroatoms. The van der Waals surface area contributed by atoms with Crippen LogP contribution < -0.4 is 5.32 Å². The zero-order valence-corrected chi connectivity index (χ0v) is 13.5. The van der Waals surface area contributed by atoms with Gasteiger partial charge in [-0.05, 0) is 25.8 Å². The monoisotopic (exact) mass is 284 g/mol. The van der Waals surface area contributed by atoms with E-state index in [1.165, 1.54) is 45.6 Å². The highest BCUT2D eigenvalue weighted by Crippen LogP contribution is 2.18. The number of rotatable bonds is 5. The molecule has 1 amide bonds. The van der Waals surface area contributed by atoms with Crippen molar-refractivity contribution in [3.63, 3.8) is 0 Å². The van der Waals surface area contributed by atoms with E-state index in [4.69, 9.17) is 0 Å². The number of likely N-dealkylation sites (tertiary alicyclic amines) is 1. The van der Waals surface area contributed by atoms with E-state index in [2.05, 4.69) is 15.1 Å². The molecule has 118 valence electrons. The number of piperazine rings is 1. The Morgan fingerprint density at radius 1 is 1.00 bits per heavy atom. The van der Waals surface area contributed by atoms with Crippen LogP contribution in [-0.4, -0.2) is 80.6 Å². The molecule has 0 spiro atoms. The third kappa shape index (κ3) is 5.77. The zero-order valence-electron chi connectivity index (χ0n) is 13.5. The molecule has 0 unspecified atom stereocenters. The summed E-state index contributed by atoms with van der Waals surface area (Å²) < 4.78 is 0. The average Bonchev–Trinajstić information content (AvgIpc) is 2.52. The van der Waals surface area contributed by atoms with Gasteiger partial charge in [0.2, 0.25) is 6.41 Å². The van der Waals surface area contributed by atoms with Gasteiger partial charge in [0.25, 0.3) is 0 Å². The van der Waals surface area contributed by atoms with Crippen molar-refractivity contribution in [2.24, 2.45) is 5.92 Å². The largest absolute Gasteiger partial charge is 0.345 e. The highest BCUT2D eigenvalue weighted by molar-refractivity contribution is 5.47. The number of piperidine rings is 1. The van der Waals surface area contributed by atoms with Crippen LogP contribution in [0.4, 0.5) is 0 Å². The van der Waals surface area contributed by atoms with E-state index in [0.29, 0.717) is 0 Å². The van der Waals surface area contributed by atoms with Gasteiger partial charge in [-0.15, -0.1) is 0 Å². The molecule has 2 fully saturated rings. The van der Waals surface area contributed by atoms with E-state index in [1.807, 2.05) is 25.8 Å². The number of amides is 1. The number of nitrogens with zero attached hydrogens (tertiary/aromatic N) is 3. The Bertz CT molecular complexity index is 246. The second-order valence-electron chi connectivity index (χ2n) is 5.52. The van der Waals surface area contributed by atoms with Gasteiger partial charge in [0.05, 0.1) is 0 Å². The van der Waals surface area contributed by atoms with Crippen molar-refractivity contribution in [1.82, 2.24) is 20.0 Å². The maximum absolute atomic E-state index is 10.7. The number of carbonyl (C=O) groups is 1. The highest BCUT2D eigenvalue weighted by Gasteiger charge is 2.22. The summed E-state index contributed by atoms with van der Waals surface area (Å²) in [6.07, 6.45) is 3.34. The first kappa shape index (κ1) is 17.4. The van der Waals surface area contributed by atoms with Crippen LogP contribution in [0.25, 0.3) is 0 Å². The normalized spacial score (nSPS) is 22.2. The van der Waals surface area contributed by atoms with Crippen molar-refractivity contribution in [3.8, 4) is 0 Å². The summed E-state index contributed by atoms with van der Waals surface area (Å²) in [6.45, 7) is 12.9. The summed E-state index contributed by atoms with van der Waals surface area (Å²) in [6, 6.07) is 0. The fourth-order valence-corrected chi connectivity index (χ4v) is 2.96. The lowest BCUT2D eigenvalue weighted by Crippen LogP contribution is -2.50. The van der Waals surface area contributed by atoms with Gasteiger partial charge in [-0.2, -0.15) is 0 Å². The standard InChI is InChI=1S/C13H26N4O.C2H6/c1-14-11-16-8-6-15(7-9-16)10-13-2-4-17(12-18)5-3-13;1-2/h12-14H,2-11H2,1H3;1-2H3. The smallest absolute Gasteiger partial charge is 0.209 e. The fraction of sp³-hybridized carbons (Fsp3) is 0.933. The molecule has 0 aliphatic carbocycles. The Balaban J connectivity index is 0.000000956. The minimum atomic E-state index is 0.789. The van der Waals surface area contributed by atoms with Crippen molar-refractivity contribution < 1.29 is 4.79 Å². The van der Waals surface area contributed by atoms with Crippen LogP contribution in [0.15, 0.2) is 0 Å². The summed E-state index contributed by atoms with van der Waals surface area (Å²) in [5, 5.41) is 3.21. The molecule has 0 atom stereocenters. The third-order valence-electron chi connectivity index (χ3n) is 4.16. The first-order chi connectivity index (χ1) is 9.81. The third-order valence-corrected chi connectivity index (χ3v) is 4.16. The molecule has 0 aromatic heterocycles. The highest BCUT2D eigenvalue weighted by atomic mass is 16.1. The van der Waals surface area contributed by atoms with E-state index in [0.717, 1.165) is 32.1 Å². The molecule has 0 aromatic carbocycles. The van der Waals surface area contributed by atoms with Crippen molar-refractivity contribution in [2.45, 2.75) is 26.7 Å². The Morgan fingerprint density at radius 2 is 1.55 bits per heavy atom. The molecule has 0 saturated carbocycles. The van der Waals surface area contributed by atoms with Crippen molar-refractivity contribution in [2.75, 3.05) is 59.5 Å². The predicted octanol–water partition coefficient (Wildman–Crippen LogP) is 0.676. The first-order valence-electron chi connectivity index (χ1n) is 8.10. The lowest BCUT2D eigenvalue weighted by atomic mass is 9.96. The molecule has 0 bridgehead atoms. The van der Waals surface area contributed by atoms with E-state index in [1.54, 1.807) is 0 Å². The Labute approximate surface area is 124 Å². The van der Waals surface area contributed by atoms with Crippen molar-refractivity contribution >= 4 is 6.41 Å². The maximum atomic E-state index is 10.7. The van der Waals surface area contributed by atoms with Gasteiger partial charge < -0.3 is 15.1 Å². The molecule has 2 aliphatic heterocycles. The van der Waals surface area contributed by atoms with Gasteiger partial charge in [0.15, 0.2) is 0 Å². The van der Waals surface area contributed by atoms with Crippen molar-refractivity contribution in [3.05, 3.63) is 0 Å². The zero-order chi connectivity index (χ0) is 14.8. The Kier molecular flexibility index (Phi) is 8.82. The van der Waals surface area contributed by atoms with Gasteiger partial charge in [-0.25, -0.2) is 0 Å². The number of carbonyl (C=O) groups excluding carboxylic acids is 1. The van der Waals surface area contributed by atoms with E-state index in [-0.39, 0.29) is 0 Å². The molecule has 2 heterocycles. The van der Waals surface area contributed by atoms with Gasteiger partial charge in [-0.3, -0.25) is 9.69 Å². The number of hydrogen-bond acceptors (Lipinski definition) is 4. The van der Waals surface area contributed by atoms with Crippen molar-refractivity contribution in [1.29, 1.82) is 0 Å². The molecule has 2 aliphatic rings. The molecule has 0 aromatic rings. The van der Waals surface area contributed by atoms with Crippen LogP contribution in [0.1, 0.15) is 26.7 Å². The second kappa shape index (κ2) is 10.1. The lowest BCUT2D eigenvalue weighted by molar-refractivity contribution is -0.119. The molecule has 1 N–H and O–H groups in total. The SMILES string of the molecule is CC.CNCN1CCN(CC2CCN(C=O)CC2)CC1. The molecule has 2 rings (SSSR count). The Morgan fingerprint density at radius 3 is 2.05 bits per heavy atom. The fourth-order valence-electron chi connectivity index (χ4n) is 2.96. The number of hydrogen-bond donors (Lipinski definition) is 1. The van der Waals surface area contributed by atoms with Crippen LogP contribution in [-0.2, 0) is 4.79 Å². The molecular formula is C15H32N4O. The molecular weight excluding hydrogens is 252 g/mol. The summed E-state index contributed by atoms with van der Waals surface area (Å²) in [4.78, 5) is 17.6. The van der Waals surface area contributed by atoms with Crippen LogP contribution >= 0.6 is 0 Å². The molecule has 2 saturated heterocycles. The van der Waals surface area contributed by atoms with Crippen LogP contribution in [0, 0.1) is 5.92 Å². The van der Waals surface area contributed by atoms with E-state index in [9.17, 15) is 4.79 Å². The molecule has 0 radical (unpaired) electrons. The second-order valence-corrected chi connectivity index (χ2v) is 5.52. The van der Waals surface area contributed by atoms with Gasteiger partial charge in [0.1, 0.15) is 0 Å². The summed E-state index contributed by atoms with van der Waals surface area (Å²) in [7, 11) is 2.01. The summed E-state index contributed by atoms with van der Waals surface area (Å²) in [5.74, 6) is 0.789. The van der Waals surface area contributed by atoms with E-state index < -0.39 is 0 Å². The van der Waals surface area contributed by atoms with Crippen LogP contribution in [0.5, 0.6) is 0 Å². The van der Waals surface area contributed by atoms with Gasteiger partial charge in [0, 0.05) is 52.5 Å². The lowest BCUT2D eigenvalue weighted by Gasteiger charge is -2.38. The predicted molar refractivity (Wildman–Crippen MR) is 83.6 cm³/mol. The summed E-state index contributed by atoms with van der Waals surface area (Å²) >= 11 is 0. The quantitative estimate of drug-likeness (QED) is 0.754. The summed E-state index contributed by atoms with van der Waals surface area (Å²) in [5.41, 5.74) is 0. The van der Waals surface area contributed by atoms with E-state index >= 15 is 0 Å². The van der Waals surface area contributed by atoms with Gasteiger partial charge in [-0.1, -0.05) is 13.8 Å².